The summed E-state index contributed by atoms with van der Waals surface area (Å²) in [4.78, 5) is 0. The number of nitrogens with zero attached hydrogens (tertiary/aromatic N) is 1. The Balaban J connectivity index is 2.45. The van der Waals surface area contributed by atoms with Gasteiger partial charge in [-0.1, -0.05) is 0 Å². The van der Waals surface area contributed by atoms with Crippen molar-refractivity contribution in [3.63, 3.8) is 0 Å². The fraction of sp³-hybridized carbons (Fsp3) is 0.833. The van der Waals surface area contributed by atoms with Gasteiger partial charge in [-0.2, -0.15) is 5.10 Å². The minimum atomic E-state index is 0.236. The van der Waals surface area contributed by atoms with Crippen molar-refractivity contribution in [1.29, 1.82) is 0 Å². The van der Waals surface area contributed by atoms with Crippen LogP contribution in [0, 0.1) is 5.92 Å². The summed E-state index contributed by atoms with van der Waals surface area (Å²) < 4.78 is 5.27. The van der Waals surface area contributed by atoms with Crippen LogP contribution in [-0.4, -0.2) is 18.5 Å². The summed E-state index contributed by atoms with van der Waals surface area (Å²) in [5, 5.41) is 3.42. The van der Waals surface area contributed by atoms with E-state index in [2.05, 4.69) is 5.10 Å². The van der Waals surface area contributed by atoms with Gasteiger partial charge in [0.2, 0.25) is 0 Å². The first-order chi connectivity index (χ1) is 4.74. The lowest BCUT2D eigenvalue weighted by molar-refractivity contribution is 0.123. The number of amidine groups is 1. The lowest BCUT2D eigenvalue weighted by Gasteiger charge is -2.03. The Morgan fingerprint density at radius 3 is 2.80 bits per heavy atom. The Labute approximate surface area is 60.2 Å². The smallest absolute Gasteiger partial charge is 0.124 e. The topological polar surface area (TPSA) is 73.6 Å². The Bertz CT molecular complexity index is 146. The zero-order valence-corrected chi connectivity index (χ0v) is 6.08. The molecular formula is C6H13N3O. The van der Waals surface area contributed by atoms with Gasteiger partial charge in [0.1, 0.15) is 5.84 Å². The van der Waals surface area contributed by atoms with Crippen molar-refractivity contribution in [3.8, 4) is 0 Å². The van der Waals surface area contributed by atoms with Gasteiger partial charge in [0, 0.05) is 5.92 Å². The van der Waals surface area contributed by atoms with Crippen LogP contribution in [0.25, 0.3) is 0 Å². The molecule has 4 nitrogen and oxygen atoms in total. The molecule has 0 radical (unpaired) electrons. The molecule has 10 heavy (non-hydrogen) atoms. The van der Waals surface area contributed by atoms with Gasteiger partial charge in [-0.15, -0.1) is 0 Å². The lowest BCUT2D eigenvalue weighted by Crippen LogP contribution is -2.25. The standard InChI is InChI=1S/C6H13N3O/c1-4-2-5(3-10-4)6(7)9-8/h4-5H,2-3,8H2,1H3,(H2,7,9). The zero-order valence-electron chi connectivity index (χ0n) is 6.08. The molecule has 0 aromatic heterocycles. The molecule has 1 rings (SSSR count). The second-order valence-electron chi connectivity index (χ2n) is 2.63. The molecular weight excluding hydrogens is 130 g/mol. The van der Waals surface area contributed by atoms with E-state index in [1.54, 1.807) is 0 Å². The van der Waals surface area contributed by atoms with Crippen LogP contribution in [0.5, 0.6) is 0 Å². The number of nitrogens with two attached hydrogens (primary N) is 2. The third-order valence-corrected chi connectivity index (χ3v) is 1.77. The quantitative estimate of drug-likeness (QED) is 0.228. The average molecular weight is 143 g/mol. The number of hydrogen-bond acceptors (Lipinski definition) is 3. The first kappa shape index (κ1) is 7.34. The van der Waals surface area contributed by atoms with Crippen molar-refractivity contribution >= 4 is 5.84 Å². The second kappa shape index (κ2) is 2.88. The largest absolute Gasteiger partial charge is 0.385 e. The van der Waals surface area contributed by atoms with Crippen LogP contribution >= 0.6 is 0 Å². The van der Waals surface area contributed by atoms with Gasteiger partial charge in [-0.3, -0.25) is 0 Å². The van der Waals surface area contributed by atoms with Crippen LogP contribution in [0.3, 0.4) is 0 Å². The van der Waals surface area contributed by atoms with Crippen LogP contribution in [-0.2, 0) is 4.74 Å². The second-order valence-corrected chi connectivity index (χ2v) is 2.63. The molecule has 4 N–H and O–H groups in total. The van der Waals surface area contributed by atoms with Crippen molar-refractivity contribution in [2.75, 3.05) is 6.61 Å². The predicted molar refractivity (Wildman–Crippen MR) is 39.3 cm³/mol. The Hall–Kier alpha value is -0.770. The summed E-state index contributed by atoms with van der Waals surface area (Å²) in [5.74, 6) is 5.74. The van der Waals surface area contributed by atoms with E-state index in [4.69, 9.17) is 16.3 Å². The molecule has 0 aromatic carbocycles. The van der Waals surface area contributed by atoms with Gasteiger partial charge in [0.05, 0.1) is 12.7 Å². The summed E-state index contributed by atoms with van der Waals surface area (Å²) in [7, 11) is 0. The van der Waals surface area contributed by atoms with Crippen LogP contribution in [0.4, 0.5) is 0 Å². The molecule has 1 fully saturated rings. The van der Waals surface area contributed by atoms with Crippen molar-refractivity contribution in [2.45, 2.75) is 19.4 Å². The Morgan fingerprint density at radius 1 is 1.70 bits per heavy atom. The van der Waals surface area contributed by atoms with Crippen molar-refractivity contribution in [1.82, 2.24) is 0 Å². The van der Waals surface area contributed by atoms with Gasteiger partial charge in [-0.05, 0) is 13.3 Å². The highest BCUT2D eigenvalue weighted by Gasteiger charge is 2.24. The molecule has 58 valence electrons. The minimum absolute atomic E-state index is 0.236. The van der Waals surface area contributed by atoms with Crippen molar-refractivity contribution in [2.24, 2.45) is 22.6 Å². The summed E-state index contributed by atoms with van der Waals surface area (Å²) in [5.41, 5.74) is 5.49. The number of hydrogen-bond donors (Lipinski definition) is 2. The monoisotopic (exact) mass is 143 g/mol. The van der Waals surface area contributed by atoms with Gasteiger partial charge in [0.15, 0.2) is 0 Å². The molecule has 1 heterocycles. The third-order valence-electron chi connectivity index (χ3n) is 1.77. The first-order valence-electron chi connectivity index (χ1n) is 3.39. The van der Waals surface area contributed by atoms with Crippen LogP contribution in [0.2, 0.25) is 0 Å². The highest BCUT2D eigenvalue weighted by Crippen LogP contribution is 2.18. The molecule has 0 saturated carbocycles. The average Bonchev–Trinajstić information content (AvgIpc) is 2.34. The van der Waals surface area contributed by atoms with Crippen molar-refractivity contribution < 1.29 is 4.74 Å². The maximum atomic E-state index is 5.49. The molecule has 0 bridgehead atoms. The molecule has 0 amide bonds. The normalized spacial score (nSPS) is 34.7. The van der Waals surface area contributed by atoms with Gasteiger partial charge < -0.3 is 16.3 Å². The highest BCUT2D eigenvalue weighted by atomic mass is 16.5. The molecule has 0 aromatic rings. The fourth-order valence-electron chi connectivity index (χ4n) is 1.13. The number of ether oxygens (including phenoxy) is 1. The molecule has 0 aliphatic carbocycles. The van der Waals surface area contributed by atoms with E-state index in [1.807, 2.05) is 6.92 Å². The molecule has 1 aliphatic rings. The van der Waals surface area contributed by atoms with Crippen molar-refractivity contribution in [3.05, 3.63) is 0 Å². The zero-order chi connectivity index (χ0) is 7.56. The third kappa shape index (κ3) is 1.39. The van der Waals surface area contributed by atoms with Gasteiger partial charge >= 0.3 is 0 Å². The Kier molecular flexibility index (Phi) is 2.11. The molecule has 2 atom stereocenters. The van der Waals surface area contributed by atoms with E-state index in [1.165, 1.54) is 0 Å². The summed E-state index contributed by atoms with van der Waals surface area (Å²) >= 11 is 0. The SMILES string of the molecule is CC1CC(C(N)=NN)CO1. The van der Waals surface area contributed by atoms with Crippen LogP contribution in [0.15, 0.2) is 5.10 Å². The minimum Gasteiger partial charge on any atom is -0.385 e. The van der Waals surface area contributed by atoms with E-state index >= 15 is 0 Å². The number of rotatable bonds is 1. The summed E-state index contributed by atoms with van der Waals surface area (Å²) in [6.45, 7) is 2.68. The molecule has 2 unspecified atom stereocenters. The maximum absolute atomic E-state index is 5.49. The number of hydrazone groups is 1. The molecule has 4 heteroatoms. The maximum Gasteiger partial charge on any atom is 0.124 e. The van der Waals surface area contributed by atoms with E-state index in [9.17, 15) is 0 Å². The predicted octanol–water partition coefficient (Wildman–Crippen LogP) is -0.358. The molecule has 1 saturated heterocycles. The van der Waals surface area contributed by atoms with Gasteiger partial charge in [-0.25, -0.2) is 0 Å². The Morgan fingerprint density at radius 2 is 2.40 bits per heavy atom. The first-order valence-corrected chi connectivity index (χ1v) is 3.39. The van der Waals surface area contributed by atoms with E-state index < -0.39 is 0 Å². The highest BCUT2D eigenvalue weighted by molar-refractivity contribution is 5.82. The van der Waals surface area contributed by atoms with Gasteiger partial charge in [0.25, 0.3) is 0 Å². The van der Waals surface area contributed by atoms with Crippen LogP contribution < -0.4 is 11.6 Å². The van der Waals surface area contributed by atoms with E-state index in [-0.39, 0.29) is 5.92 Å². The van der Waals surface area contributed by atoms with E-state index in [0.717, 1.165) is 6.42 Å². The van der Waals surface area contributed by atoms with Crippen LogP contribution in [0.1, 0.15) is 13.3 Å². The fourth-order valence-corrected chi connectivity index (χ4v) is 1.13. The molecule has 0 spiro atoms. The summed E-state index contributed by atoms with van der Waals surface area (Å²) in [6, 6.07) is 0. The molecule has 1 aliphatic heterocycles. The van der Waals surface area contributed by atoms with E-state index in [0.29, 0.717) is 18.5 Å². The lowest BCUT2D eigenvalue weighted by atomic mass is 10.1. The summed E-state index contributed by atoms with van der Waals surface area (Å²) in [6.07, 6.45) is 1.23.